The first-order valence-electron chi connectivity index (χ1n) is 32.3. The van der Waals surface area contributed by atoms with Gasteiger partial charge in [0.1, 0.15) is 72.2 Å². The van der Waals surface area contributed by atoms with Crippen molar-refractivity contribution in [3.8, 4) is 5.75 Å². The highest BCUT2D eigenvalue weighted by Crippen LogP contribution is 2.28. The molecule has 540 valence electrons. The van der Waals surface area contributed by atoms with Crippen molar-refractivity contribution in [3.63, 3.8) is 0 Å². The Morgan fingerprint density at radius 2 is 1.32 bits per heavy atom. The van der Waals surface area contributed by atoms with Gasteiger partial charge in [-0.2, -0.15) is 0 Å². The van der Waals surface area contributed by atoms with Crippen molar-refractivity contribution in [2.24, 2.45) is 17.6 Å². The number of imidazole rings is 1. The number of H-pyrrole nitrogens is 2. The third-order valence-corrected chi connectivity index (χ3v) is 21.5. The van der Waals surface area contributed by atoms with Crippen molar-refractivity contribution in [1.29, 1.82) is 0 Å². The number of nitrogens with two attached hydrogens (primary N) is 1. The van der Waals surface area contributed by atoms with Crippen LogP contribution in [0, 0.1) is 11.8 Å². The van der Waals surface area contributed by atoms with Crippen LogP contribution < -0.4 is 69.5 Å². The van der Waals surface area contributed by atoms with Crippen molar-refractivity contribution < 1.29 is 77.3 Å². The van der Waals surface area contributed by atoms with Gasteiger partial charge in [0, 0.05) is 90.7 Å². The Kier molecular flexibility index (Phi) is 27.9. The number of amides is 14. The molecule has 2 aromatic heterocycles. The number of aromatic hydroxyl groups is 1. The lowest BCUT2D eigenvalue weighted by Crippen LogP contribution is -2.61. The summed E-state index contributed by atoms with van der Waals surface area (Å²) in [5.74, 6) is -14.5. The highest BCUT2D eigenvalue weighted by Gasteiger charge is 2.44. The van der Waals surface area contributed by atoms with E-state index in [4.69, 9.17) is 5.73 Å². The van der Waals surface area contributed by atoms with Gasteiger partial charge in [0.05, 0.1) is 25.5 Å². The number of phenolic OH excluding ortho intramolecular Hbond substituents is 1. The van der Waals surface area contributed by atoms with Gasteiger partial charge in [-0.25, -0.2) is 4.98 Å². The summed E-state index contributed by atoms with van der Waals surface area (Å²) in [5.41, 5.74) is 7.88. The zero-order valence-electron chi connectivity index (χ0n) is 55.0. The zero-order chi connectivity index (χ0) is 72.3. The molecule has 4 aromatic rings. The molecule has 0 aliphatic carbocycles. The van der Waals surface area contributed by atoms with E-state index in [1.807, 2.05) is 0 Å². The highest BCUT2D eigenvalue weighted by molar-refractivity contribution is 8.77. The van der Waals surface area contributed by atoms with Gasteiger partial charge >= 0.3 is 0 Å². The predicted molar refractivity (Wildman–Crippen MR) is 370 cm³/mol. The number of aliphatic hydroxyl groups is 1. The summed E-state index contributed by atoms with van der Waals surface area (Å²) in [4.78, 5) is 209. The first-order valence-corrected chi connectivity index (χ1v) is 37.3. The monoisotopic (exact) mass is 1460 g/mol. The molecule has 4 aliphatic heterocycles. The summed E-state index contributed by atoms with van der Waals surface area (Å²) < 4.78 is 0. The van der Waals surface area contributed by atoms with Gasteiger partial charge in [-0.3, -0.25) is 67.1 Å². The molecule has 6 heterocycles. The lowest BCUT2D eigenvalue weighted by atomic mass is 9.99. The van der Waals surface area contributed by atoms with Crippen LogP contribution in [-0.4, -0.2) is 228 Å². The van der Waals surface area contributed by atoms with Crippen LogP contribution in [0.4, 0.5) is 0 Å². The number of fused-ring (bicyclic) bond motifs is 7. The minimum Gasteiger partial charge on any atom is -0.508 e. The molecule has 4 saturated heterocycles. The second-order valence-corrected chi connectivity index (χ2v) is 30.3. The summed E-state index contributed by atoms with van der Waals surface area (Å²) in [6, 6.07) is -2.96. The Balaban J connectivity index is 1.17. The van der Waals surface area contributed by atoms with E-state index < -0.39 is 175 Å². The van der Waals surface area contributed by atoms with E-state index in [1.165, 1.54) is 36.8 Å². The molecule has 100 heavy (non-hydrogen) atoms. The van der Waals surface area contributed by atoms with Crippen molar-refractivity contribution >= 4 is 137 Å². The van der Waals surface area contributed by atoms with Gasteiger partial charge < -0.3 is 94.6 Å². The standard InChI is InChI=1S/C63H83N17O16S4/c1-30(2)15-40-56(89)77-46-27-100-98-26-45(55(88)68-22-50(84)71-41(16-32-9-11-35(81)12-10-32)57(90)73-42(58(91)72-40)17-33-20-66-38-8-6-5-7-37(33)38)76-60(93)47(78-62(95)52(31(3)4)79-51(85)23-67-54(87)39-13-14-49(83)70-39)28-99-97-25-44(53(64)86)75-61(94)48-19-36(82)24-80(48)63(96)43(74-59(46)92)18-34-21-65-29-69-34/h5-12,20-21,29-31,36,39-48,52,66,81-82H,13-19,22-28H2,1-4H3,(H2,64,86)(H,65,69)(H,67,87)(H,68,88)(H,70,83)(H,71,84)(H,72,91)(H,73,90)(H,74,92)(H,75,94)(H,76,93)(H,77,89)(H,78,95)(H,79,85)/t36-,39+,40+,41+,42+,43+,44+,45+,46+,47+,48+,52+/m1/s1. The van der Waals surface area contributed by atoms with Crippen LogP contribution in [0.5, 0.6) is 5.75 Å². The molecule has 12 atom stereocenters. The molecule has 8 rings (SSSR count). The maximum absolute atomic E-state index is 15.1. The number of nitrogens with one attached hydrogen (secondary N) is 14. The Labute approximate surface area is 589 Å². The Bertz CT molecular complexity index is 3660. The number of phenols is 1. The second kappa shape index (κ2) is 36.3. The van der Waals surface area contributed by atoms with Crippen LogP contribution >= 0.6 is 43.2 Å². The van der Waals surface area contributed by atoms with Gasteiger partial charge in [0.15, 0.2) is 0 Å². The largest absolute Gasteiger partial charge is 0.508 e. The van der Waals surface area contributed by atoms with Gasteiger partial charge in [-0.1, -0.05) is 101 Å². The fourth-order valence-corrected chi connectivity index (χ4v) is 16.0. The van der Waals surface area contributed by atoms with Crippen LogP contribution in [0.2, 0.25) is 0 Å². The number of hydrogen-bond donors (Lipinski definition) is 17. The van der Waals surface area contributed by atoms with Crippen molar-refractivity contribution in [3.05, 3.63) is 84.1 Å². The number of carbonyl (C=O) groups is 14. The SMILES string of the molecule is CC(C)C[C@@H]1NC(=O)[C@H](Cc2c[nH]c3ccccc23)NC(=O)[C@H](Cc2ccc(O)cc2)NC(=O)CNC(=O)[C@@H]2CSSC[C@H](NC1=O)C(=O)N[C@@H](Cc1cnc[nH]1)C(=O)N1C[C@H](O)C[C@H]1C(=O)N[C@H](C(N)=O)CSSC[C@H](NC(=O)[C@@H](NC(=O)CNC(=O)[C@@H]1CCC(=O)N1)C(C)C)C(=O)N2. The number of benzene rings is 2. The highest BCUT2D eigenvalue weighted by atomic mass is 33.1. The summed E-state index contributed by atoms with van der Waals surface area (Å²) in [6.45, 7) is 4.90. The summed E-state index contributed by atoms with van der Waals surface area (Å²) >= 11 is 0. The first-order chi connectivity index (χ1) is 47.7. The Morgan fingerprint density at radius 1 is 0.670 bits per heavy atom. The van der Waals surface area contributed by atoms with Crippen LogP contribution in [-0.2, 0) is 86.4 Å². The minimum absolute atomic E-state index is 0.0375. The van der Waals surface area contributed by atoms with Crippen LogP contribution in [0.3, 0.4) is 0 Å². The fraction of sp³-hybridized carbons (Fsp3) is 0.508. The summed E-state index contributed by atoms with van der Waals surface area (Å²) in [5, 5.41) is 53.4. The third-order valence-electron chi connectivity index (χ3n) is 16.6. The Hall–Kier alpha value is -9.07. The number of aromatic amines is 2. The van der Waals surface area contributed by atoms with Crippen molar-refractivity contribution in [1.82, 2.24) is 83.7 Å². The number of carbonyl (C=O) groups excluding carboxylic acids is 14. The maximum Gasteiger partial charge on any atom is 0.246 e. The minimum atomic E-state index is -1.62. The van der Waals surface area contributed by atoms with Crippen molar-refractivity contribution in [2.45, 2.75) is 145 Å². The van der Waals surface area contributed by atoms with Crippen LogP contribution in [0.15, 0.2) is 67.3 Å². The van der Waals surface area contributed by atoms with Crippen LogP contribution in [0.25, 0.3) is 10.9 Å². The Morgan fingerprint density at radius 3 is 1.99 bits per heavy atom. The number of rotatable bonds is 16. The van der Waals surface area contributed by atoms with Crippen molar-refractivity contribution in [2.75, 3.05) is 42.6 Å². The smallest absolute Gasteiger partial charge is 0.246 e. The molecule has 0 spiro atoms. The molecule has 2 aromatic carbocycles. The first kappa shape index (κ1) is 76.7. The number of hydrogen-bond acceptors (Lipinski definition) is 21. The zero-order valence-corrected chi connectivity index (χ0v) is 58.3. The quantitative estimate of drug-likeness (QED) is 0.0483. The molecular formula is C63H83N17O16S4. The topological polar surface area (TPSA) is 498 Å². The normalized spacial score (nSPS) is 25.7. The molecule has 4 fully saturated rings. The maximum atomic E-state index is 15.1. The van der Waals surface area contributed by atoms with E-state index >= 15 is 9.59 Å². The molecule has 2 bridgehead atoms. The number of aromatic nitrogens is 3. The number of para-hydroxylation sites is 1. The second-order valence-electron chi connectivity index (χ2n) is 25.2. The molecule has 4 aliphatic rings. The molecular weight excluding hydrogens is 1380 g/mol. The average molecular weight is 1460 g/mol. The van der Waals surface area contributed by atoms with Gasteiger partial charge in [-0.05, 0) is 54.0 Å². The molecule has 0 unspecified atom stereocenters. The van der Waals surface area contributed by atoms with Gasteiger partial charge in [0.25, 0.3) is 0 Å². The van der Waals surface area contributed by atoms with Gasteiger partial charge in [-0.15, -0.1) is 0 Å². The molecule has 14 amide bonds. The summed E-state index contributed by atoms with van der Waals surface area (Å²) in [7, 11) is 3.66. The van der Waals surface area contributed by atoms with Gasteiger partial charge in [0.2, 0.25) is 82.7 Å². The van der Waals surface area contributed by atoms with E-state index in [0.717, 1.165) is 48.1 Å². The van der Waals surface area contributed by atoms with E-state index in [9.17, 15) is 67.7 Å². The van der Waals surface area contributed by atoms with E-state index in [-0.39, 0.29) is 85.5 Å². The van der Waals surface area contributed by atoms with E-state index in [1.54, 1.807) is 58.2 Å². The molecule has 0 radical (unpaired) electrons. The lowest BCUT2D eigenvalue weighted by molar-refractivity contribution is -0.142. The molecule has 18 N–H and O–H groups in total. The summed E-state index contributed by atoms with van der Waals surface area (Å²) in [6.07, 6.45) is 2.39. The van der Waals surface area contributed by atoms with E-state index in [0.29, 0.717) is 27.7 Å². The molecule has 37 heteroatoms. The molecule has 33 nitrogen and oxygen atoms in total. The fourth-order valence-electron chi connectivity index (χ4n) is 11.3. The third kappa shape index (κ3) is 22.0. The lowest BCUT2D eigenvalue weighted by Gasteiger charge is -2.31. The van der Waals surface area contributed by atoms with Crippen LogP contribution in [0.1, 0.15) is 70.2 Å². The average Bonchev–Trinajstić information content (AvgIpc) is 1.62. The number of aliphatic hydroxyl groups excluding tert-OH is 1. The molecule has 0 saturated carbocycles. The van der Waals surface area contributed by atoms with E-state index in [2.05, 4.69) is 78.8 Å². The number of primary amides is 1. The predicted octanol–water partition coefficient (Wildman–Crippen LogP) is -3.56. The number of nitrogens with zero attached hydrogens (tertiary/aromatic N) is 2.